The van der Waals surface area contributed by atoms with Gasteiger partial charge in [0, 0.05) is 17.3 Å². The Morgan fingerprint density at radius 3 is 2.34 bits per heavy atom. The Kier molecular flexibility index (Phi) is 6.50. The molecule has 1 heterocycles. The standard InChI is InChI=1S/C26H25N3O5S/c30-24(29(13-25(31)32)17-9-10-17)11-16-15-35-23(28-16)12-27-26(33)34-14-22-20-7-3-1-5-18(20)19-6-2-4-8-21(19)22/h1-8,15,17,22H,9-14H2,(H,27,33)(H,31,32). The van der Waals surface area contributed by atoms with Gasteiger partial charge in [0.2, 0.25) is 5.91 Å². The third-order valence-corrected chi connectivity index (χ3v) is 7.17. The fourth-order valence-corrected chi connectivity index (χ4v) is 5.25. The van der Waals surface area contributed by atoms with Crippen LogP contribution in [0.2, 0.25) is 0 Å². The molecule has 9 heteroatoms. The SMILES string of the molecule is O=C(O)CN(C(=O)Cc1csc(CNC(=O)OCC2c3ccccc3-c3ccccc32)n1)C1CC1. The van der Waals surface area contributed by atoms with Crippen molar-refractivity contribution < 1.29 is 24.2 Å². The van der Waals surface area contributed by atoms with Crippen LogP contribution in [0.15, 0.2) is 53.9 Å². The number of amides is 2. The maximum Gasteiger partial charge on any atom is 0.407 e. The molecule has 2 aromatic carbocycles. The number of aliphatic carboxylic acids is 1. The zero-order valence-corrected chi connectivity index (χ0v) is 19.8. The van der Waals surface area contributed by atoms with Crippen LogP contribution in [0, 0.1) is 0 Å². The number of carboxylic acid groups (broad SMARTS) is 1. The van der Waals surface area contributed by atoms with Gasteiger partial charge in [-0.15, -0.1) is 11.3 Å². The van der Waals surface area contributed by atoms with Crippen molar-refractivity contribution in [2.45, 2.75) is 37.8 Å². The average Bonchev–Trinajstić information content (AvgIpc) is 3.52. The number of fused-ring (bicyclic) bond motifs is 3. The highest BCUT2D eigenvalue weighted by molar-refractivity contribution is 7.09. The molecule has 2 amide bonds. The number of benzene rings is 2. The van der Waals surface area contributed by atoms with Crippen molar-refractivity contribution in [1.29, 1.82) is 0 Å². The van der Waals surface area contributed by atoms with Crippen molar-refractivity contribution in [3.05, 3.63) is 75.7 Å². The van der Waals surface area contributed by atoms with Gasteiger partial charge in [-0.3, -0.25) is 9.59 Å². The van der Waals surface area contributed by atoms with E-state index in [-0.39, 0.29) is 44.0 Å². The molecule has 0 radical (unpaired) electrons. The molecular weight excluding hydrogens is 466 g/mol. The third kappa shape index (κ3) is 5.19. The van der Waals surface area contributed by atoms with E-state index in [0.717, 1.165) is 24.0 Å². The number of aromatic nitrogens is 1. The number of rotatable bonds is 9. The van der Waals surface area contributed by atoms with Crippen LogP contribution in [-0.4, -0.2) is 52.2 Å². The summed E-state index contributed by atoms with van der Waals surface area (Å²) < 4.78 is 5.54. The summed E-state index contributed by atoms with van der Waals surface area (Å²) in [4.78, 5) is 41.8. The van der Waals surface area contributed by atoms with Crippen molar-refractivity contribution in [1.82, 2.24) is 15.2 Å². The van der Waals surface area contributed by atoms with Crippen molar-refractivity contribution in [3.63, 3.8) is 0 Å². The number of nitrogens with zero attached hydrogens (tertiary/aromatic N) is 2. The van der Waals surface area contributed by atoms with Crippen molar-refractivity contribution >= 4 is 29.3 Å². The lowest BCUT2D eigenvalue weighted by atomic mass is 9.98. The predicted octanol–water partition coefficient (Wildman–Crippen LogP) is 3.80. The first-order valence-electron chi connectivity index (χ1n) is 11.5. The van der Waals surface area contributed by atoms with Crippen LogP contribution < -0.4 is 5.32 Å². The van der Waals surface area contributed by atoms with Gasteiger partial charge in [-0.05, 0) is 35.1 Å². The van der Waals surface area contributed by atoms with E-state index in [1.807, 2.05) is 24.3 Å². The number of carboxylic acids is 1. The number of carbonyl (C=O) groups is 3. The molecule has 0 atom stereocenters. The molecule has 3 aromatic rings. The van der Waals surface area contributed by atoms with E-state index in [9.17, 15) is 14.4 Å². The van der Waals surface area contributed by atoms with Crippen molar-refractivity contribution in [3.8, 4) is 11.1 Å². The van der Waals surface area contributed by atoms with E-state index in [2.05, 4.69) is 34.6 Å². The molecule has 0 spiro atoms. The minimum Gasteiger partial charge on any atom is -0.480 e. The Bertz CT molecular complexity index is 1220. The lowest BCUT2D eigenvalue weighted by Gasteiger charge is -2.19. The molecule has 0 aliphatic heterocycles. The van der Waals surface area contributed by atoms with Gasteiger partial charge < -0.3 is 20.1 Å². The normalized spacial score (nSPS) is 14.2. The zero-order chi connectivity index (χ0) is 24.4. The molecular formula is C26H25N3O5S. The van der Waals surface area contributed by atoms with Gasteiger partial charge >= 0.3 is 12.1 Å². The van der Waals surface area contributed by atoms with Gasteiger partial charge in [-0.1, -0.05) is 48.5 Å². The van der Waals surface area contributed by atoms with Crippen LogP contribution in [0.4, 0.5) is 4.79 Å². The second-order valence-corrected chi connectivity index (χ2v) is 9.68. The van der Waals surface area contributed by atoms with Gasteiger partial charge in [0.25, 0.3) is 0 Å². The highest BCUT2D eigenvalue weighted by atomic mass is 32.1. The minimum absolute atomic E-state index is 0.00848. The van der Waals surface area contributed by atoms with Crippen LogP contribution in [0.1, 0.15) is 40.6 Å². The maximum atomic E-state index is 12.5. The fraction of sp³-hybridized carbons (Fsp3) is 0.308. The molecule has 1 fully saturated rings. The second-order valence-electron chi connectivity index (χ2n) is 8.74. The minimum atomic E-state index is -1.02. The van der Waals surface area contributed by atoms with Crippen LogP contribution in [0.5, 0.6) is 0 Å². The number of nitrogens with one attached hydrogen (secondary N) is 1. The number of ether oxygens (including phenoxy) is 1. The number of carbonyl (C=O) groups excluding carboxylic acids is 2. The maximum absolute atomic E-state index is 12.5. The summed E-state index contributed by atoms with van der Waals surface area (Å²) in [5.41, 5.74) is 5.22. The first-order chi connectivity index (χ1) is 17.0. The second kappa shape index (κ2) is 9.87. The molecule has 8 nitrogen and oxygen atoms in total. The van der Waals surface area contributed by atoms with Gasteiger partial charge in [0.05, 0.1) is 18.7 Å². The summed E-state index contributed by atoms with van der Waals surface area (Å²) in [6, 6.07) is 16.3. The molecule has 0 unspecified atom stereocenters. The number of hydrogen-bond donors (Lipinski definition) is 2. The van der Waals surface area contributed by atoms with Gasteiger partial charge in [0.1, 0.15) is 18.2 Å². The first kappa shape index (κ1) is 23.0. The Hall–Kier alpha value is -3.72. The number of alkyl carbamates (subject to hydrolysis) is 1. The predicted molar refractivity (Wildman–Crippen MR) is 130 cm³/mol. The van der Waals surface area contributed by atoms with Crippen molar-refractivity contribution in [2.75, 3.05) is 13.2 Å². The Morgan fingerprint density at radius 1 is 1.06 bits per heavy atom. The van der Waals surface area contributed by atoms with Gasteiger partial charge in [-0.25, -0.2) is 9.78 Å². The summed E-state index contributed by atoms with van der Waals surface area (Å²) in [6.45, 7) is 0.138. The van der Waals surface area contributed by atoms with Crippen LogP contribution >= 0.6 is 11.3 Å². The smallest absolute Gasteiger partial charge is 0.407 e. The fourth-order valence-electron chi connectivity index (χ4n) is 4.52. The Balaban J connectivity index is 1.13. The van der Waals surface area contributed by atoms with Crippen LogP contribution in [0.25, 0.3) is 11.1 Å². The molecule has 2 aliphatic rings. The molecule has 0 saturated heterocycles. The van der Waals surface area contributed by atoms with E-state index in [4.69, 9.17) is 9.84 Å². The first-order valence-corrected chi connectivity index (χ1v) is 12.4. The zero-order valence-electron chi connectivity index (χ0n) is 19.0. The molecule has 180 valence electrons. The van der Waals surface area contributed by atoms with Crippen molar-refractivity contribution in [2.24, 2.45) is 0 Å². The summed E-state index contributed by atoms with van der Waals surface area (Å²) in [5.74, 6) is -1.27. The molecule has 1 aromatic heterocycles. The topological polar surface area (TPSA) is 109 Å². The largest absolute Gasteiger partial charge is 0.480 e. The van der Waals surface area contributed by atoms with Crippen LogP contribution in [0.3, 0.4) is 0 Å². The van der Waals surface area contributed by atoms with Gasteiger partial charge in [0.15, 0.2) is 0 Å². The molecule has 2 aliphatic carbocycles. The molecule has 2 N–H and O–H groups in total. The average molecular weight is 492 g/mol. The quantitative estimate of drug-likeness (QED) is 0.471. The lowest BCUT2D eigenvalue weighted by molar-refractivity contribution is -0.144. The summed E-state index contributed by atoms with van der Waals surface area (Å²) in [5, 5.41) is 14.2. The van der Waals surface area contributed by atoms with E-state index >= 15 is 0 Å². The molecule has 0 bridgehead atoms. The third-order valence-electron chi connectivity index (χ3n) is 6.27. The van der Waals surface area contributed by atoms with E-state index in [1.165, 1.54) is 27.4 Å². The van der Waals surface area contributed by atoms with E-state index in [1.54, 1.807) is 5.38 Å². The number of thiazole rings is 1. The van der Waals surface area contributed by atoms with Crippen LogP contribution in [-0.2, 0) is 27.3 Å². The summed E-state index contributed by atoms with van der Waals surface area (Å²) in [7, 11) is 0. The van der Waals surface area contributed by atoms with E-state index in [0.29, 0.717) is 10.7 Å². The number of hydrogen-bond acceptors (Lipinski definition) is 6. The monoisotopic (exact) mass is 491 g/mol. The van der Waals surface area contributed by atoms with Gasteiger partial charge in [-0.2, -0.15) is 0 Å². The van der Waals surface area contributed by atoms with E-state index < -0.39 is 12.1 Å². The summed E-state index contributed by atoms with van der Waals surface area (Å²) >= 11 is 1.34. The Labute approximate surface area is 206 Å². The highest BCUT2D eigenvalue weighted by Gasteiger charge is 2.34. The highest BCUT2D eigenvalue weighted by Crippen LogP contribution is 2.44. The molecule has 1 saturated carbocycles. The lowest BCUT2D eigenvalue weighted by Crippen LogP contribution is -2.38. The summed E-state index contributed by atoms with van der Waals surface area (Å²) in [6.07, 6.45) is 1.20. The molecule has 5 rings (SSSR count). The Morgan fingerprint density at radius 2 is 1.71 bits per heavy atom. The molecule has 35 heavy (non-hydrogen) atoms.